The van der Waals surface area contributed by atoms with E-state index in [9.17, 15) is 4.79 Å². The summed E-state index contributed by atoms with van der Waals surface area (Å²) in [5, 5.41) is 14.3. The maximum atomic E-state index is 11.5. The summed E-state index contributed by atoms with van der Waals surface area (Å²) in [6.45, 7) is 3.06. The van der Waals surface area contributed by atoms with Gasteiger partial charge in [-0.2, -0.15) is 0 Å². The van der Waals surface area contributed by atoms with Crippen LogP contribution < -0.4 is 10.6 Å². The van der Waals surface area contributed by atoms with E-state index in [1.165, 1.54) is 0 Å². The number of carbonyl (C=O) groups excluding carboxylic acids is 1. The average molecular weight is 208 g/mol. The summed E-state index contributed by atoms with van der Waals surface area (Å²) < 4.78 is 0. The van der Waals surface area contributed by atoms with Crippen LogP contribution in [0.25, 0.3) is 0 Å². The van der Waals surface area contributed by atoms with E-state index in [0.717, 1.165) is 12.2 Å². The predicted octanol–water partition coefficient (Wildman–Crippen LogP) is 0.840. The van der Waals surface area contributed by atoms with Crippen LogP contribution in [0.3, 0.4) is 0 Å². The van der Waals surface area contributed by atoms with E-state index in [1.54, 1.807) is 12.1 Å². The first-order valence-corrected chi connectivity index (χ1v) is 5.01. The third kappa shape index (κ3) is 3.59. The molecule has 82 valence electrons. The van der Waals surface area contributed by atoms with Crippen molar-refractivity contribution in [3.05, 3.63) is 29.8 Å². The summed E-state index contributed by atoms with van der Waals surface area (Å²) in [6.07, 6.45) is 0. The highest BCUT2D eigenvalue weighted by molar-refractivity contribution is 5.95. The molecule has 0 aromatic heterocycles. The third-order valence-electron chi connectivity index (χ3n) is 1.90. The lowest BCUT2D eigenvalue weighted by atomic mass is 10.2. The van der Waals surface area contributed by atoms with Gasteiger partial charge in [-0.15, -0.1) is 0 Å². The number of aliphatic hydroxyl groups excluding tert-OH is 1. The lowest BCUT2D eigenvalue weighted by molar-refractivity contribution is 0.0945. The van der Waals surface area contributed by atoms with E-state index in [0.29, 0.717) is 5.56 Å². The Morgan fingerprint density at radius 3 is 2.93 bits per heavy atom. The molecule has 4 heteroatoms. The summed E-state index contributed by atoms with van der Waals surface area (Å²) >= 11 is 0. The van der Waals surface area contributed by atoms with Crippen molar-refractivity contribution in [2.45, 2.75) is 6.92 Å². The Balaban J connectivity index is 2.67. The molecule has 1 aromatic rings. The highest BCUT2D eigenvalue weighted by Crippen LogP contribution is 2.09. The van der Waals surface area contributed by atoms with Crippen LogP contribution in [0.5, 0.6) is 0 Å². The molecule has 0 unspecified atom stereocenters. The number of benzene rings is 1. The molecule has 15 heavy (non-hydrogen) atoms. The van der Waals surface area contributed by atoms with Gasteiger partial charge in [-0.25, -0.2) is 0 Å². The third-order valence-corrected chi connectivity index (χ3v) is 1.90. The molecule has 0 heterocycles. The first-order valence-electron chi connectivity index (χ1n) is 5.01. The minimum absolute atomic E-state index is 0.0430. The Morgan fingerprint density at radius 2 is 2.27 bits per heavy atom. The summed E-state index contributed by atoms with van der Waals surface area (Å²) in [7, 11) is 0. The number of aliphatic hydroxyl groups is 1. The molecule has 4 nitrogen and oxygen atoms in total. The summed E-state index contributed by atoms with van der Waals surface area (Å²) in [4.78, 5) is 11.5. The normalized spacial score (nSPS) is 9.73. The highest BCUT2D eigenvalue weighted by atomic mass is 16.3. The minimum atomic E-state index is -0.163. The molecule has 0 aliphatic rings. The quantitative estimate of drug-likeness (QED) is 0.672. The number of amides is 1. The maximum absolute atomic E-state index is 11.5. The van der Waals surface area contributed by atoms with Gasteiger partial charge in [-0.05, 0) is 25.1 Å². The van der Waals surface area contributed by atoms with Gasteiger partial charge in [0.25, 0.3) is 5.91 Å². The van der Waals surface area contributed by atoms with Crippen LogP contribution in [0.15, 0.2) is 24.3 Å². The molecule has 0 atom stereocenters. The Kier molecular flexibility index (Phi) is 4.63. The van der Waals surface area contributed by atoms with Crippen LogP contribution in [0.1, 0.15) is 17.3 Å². The second-order valence-corrected chi connectivity index (χ2v) is 3.09. The van der Waals surface area contributed by atoms with Crippen LogP contribution in [-0.4, -0.2) is 30.7 Å². The summed E-state index contributed by atoms with van der Waals surface area (Å²) in [5.74, 6) is -0.163. The van der Waals surface area contributed by atoms with E-state index >= 15 is 0 Å². The van der Waals surface area contributed by atoms with Gasteiger partial charge in [0, 0.05) is 24.3 Å². The number of anilines is 1. The molecular formula is C11H16N2O2. The van der Waals surface area contributed by atoms with Gasteiger partial charge in [0.1, 0.15) is 0 Å². The zero-order valence-corrected chi connectivity index (χ0v) is 8.79. The molecule has 1 amide bonds. The fourth-order valence-electron chi connectivity index (χ4n) is 1.25. The van der Waals surface area contributed by atoms with Crippen molar-refractivity contribution < 1.29 is 9.90 Å². The maximum Gasteiger partial charge on any atom is 0.251 e. The molecule has 0 aliphatic heterocycles. The Labute approximate surface area is 89.3 Å². The van der Waals surface area contributed by atoms with E-state index < -0.39 is 0 Å². The number of hydrogen-bond donors (Lipinski definition) is 3. The van der Waals surface area contributed by atoms with Crippen molar-refractivity contribution in [3.63, 3.8) is 0 Å². The molecule has 0 spiro atoms. The smallest absolute Gasteiger partial charge is 0.251 e. The van der Waals surface area contributed by atoms with E-state index in [2.05, 4.69) is 10.6 Å². The molecule has 0 radical (unpaired) electrons. The van der Waals surface area contributed by atoms with E-state index in [4.69, 9.17) is 5.11 Å². The van der Waals surface area contributed by atoms with Crippen molar-refractivity contribution in [2.75, 3.05) is 25.0 Å². The molecule has 1 rings (SSSR count). The lowest BCUT2D eigenvalue weighted by Crippen LogP contribution is -2.26. The van der Waals surface area contributed by atoms with Crippen LogP contribution >= 0.6 is 0 Å². The predicted molar refractivity (Wildman–Crippen MR) is 60.0 cm³/mol. The molecule has 0 fully saturated rings. The molecule has 0 aliphatic carbocycles. The van der Waals surface area contributed by atoms with Gasteiger partial charge in [-0.1, -0.05) is 6.07 Å². The van der Waals surface area contributed by atoms with Crippen molar-refractivity contribution >= 4 is 11.6 Å². The minimum Gasteiger partial charge on any atom is -0.395 e. The second kappa shape index (κ2) is 6.03. The Morgan fingerprint density at radius 1 is 1.47 bits per heavy atom. The molecule has 1 aromatic carbocycles. The molecule has 0 saturated carbocycles. The van der Waals surface area contributed by atoms with Gasteiger partial charge in [-0.3, -0.25) is 4.79 Å². The van der Waals surface area contributed by atoms with Crippen molar-refractivity contribution in [1.82, 2.24) is 5.32 Å². The first kappa shape index (κ1) is 11.5. The number of nitrogens with one attached hydrogen (secondary N) is 2. The number of hydrogen-bond acceptors (Lipinski definition) is 3. The second-order valence-electron chi connectivity index (χ2n) is 3.09. The van der Waals surface area contributed by atoms with Crippen LogP contribution in [-0.2, 0) is 0 Å². The van der Waals surface area contributed by atoms with Gasteiger partial charge in [0.2, 0.25) is 0 Å². The van der Waals surface area contributed by atoms with Crippen LogP contribution in [0, 0.1) is 0 Å². The van der Waals surface area contributed by atoms with Gasteiger partial charge in [0.05, 0.1) is 6.61 Å². The lowest BCUT2D eigenvalue weighted by Gasteiger charge is -2.06. The largest absolute Gasteiger partial charge is 0.395 e. The monoisotopic (exact) mass is 208 g/mol. The molecular weight excluding hydrogens is 192 g/mol. The van der Waals surface area contributed by atoms with Crippen molar-refractivity contribution in [3.8, 4) is 0 Å². The van der Waals surface area contributed by atoms with Gasteiger partial charge < -0.3 is 15.7 Å². The first-order chi connectivity index (χ1) is 7.27. The standard InChI is InChI=1S/C11H16N2O2/c1-2-12-10-5-3-4-9(8-10)11(15)13-6-7-14/h3-5,8,12,14H,2,6-7H2,1H3,(H,13,15). The van der Waals surface area contributed by atoms with Gasteiger partial charge in [0.15, 0.2) is 0 Å². The summed E-state index contributed by atoms with van der Waals surface area (Å²) in [6, 6.07) is 7.27. The van der Waals surface area contributed by atoms with Crippen molar-refractivity contribution in [2.24, 2.45) is 0 Å². The Hall–Kier alpha value is -1.55. The number of rotatable bonds is 5. The topological polar surface area (TPSA) is 61.4 Å². The highest BCUT2D eigenvalue weighted by Gasteiger charge is 2.04. The molecule has 0 bridgehead atoms. The zero-order chi connectivity index (χ0) is 11.1. The Bertz CT molecular complexity index is 326. The summed E-state index contributed by atoms with van der Waals surface area (Å²) in [5.41, 5.74) is 1.52. The van der Waals surface area contributed by atoms with E-state index in [1.807, 2.05) is 19.1 Å². The fourth-order valence-corrected chi connectivity index (χ4v) is 1.25. The SMILES string of the molecule is CCNc1cccc(C(=O)NCCO)c1. The fraction of sp³-hybridized carbons (Fsp3) is 0.364. The van der Waals surface area contributed by atoms with Crippen LogP contribution in [0.2, 0.25) is 0 Å². The average Bonchev–Trinajstić information content (AvgIpc) is 2.27. The van der Waals surface area contributed by atoms with E-state index in [-0.39, 0.29) is 19.1 Å². The zero-order valence-electron chi connectivity index (χ0n) is 8.79. The number of carbonyl (C=O) groups is 1. The van der Waals surface area contributed by atoms with Crippen LogP contribution in [0.4, 0.5) is 5.69 Å². The van der Waals surface area contributed by atoms with Crippen molar-refractivity contribution in [1.29, 1.82) is 0 Å². The molecule has 3 N–H and O–H groups in total. The molecule has 0 saturated heterocycles. The van der Waals surface area contributed by atoms with Gasteiger partial charge >= 0.3 is 0 Å².